The maximum Gasteiger partial charge on any atom is 0.330 e. The Morgan fingerprint density at radius 2 is 1.92 bits per heavy atom. The van der Waals surface area contributed by atoms with Gasteiger partial charge in [-0.2, -0.15) is 8.42 Å². The molecule has 0 N–H and O–H groups in total. The highest BCUT2D eigenvalue weighted by molar-refractivity contribution is 7.91. The first-order chi connectivity index (χ1) is 18.1. The lowest BCUT2D eigenvalue weighted by Crippen LogP contribution is -2.64. The van der Waals surface area contributed by atoms with E-state index in [1.54, 1.807) is 18.9 Å². The lowest BCUT2D eigenvalue weighted by atomic mass is 10.0. The molecule has 1 saturated heterocycles. The maximum atomic E-state index is 14.2. The predicted octanol–water partition coefficient (Wildman–Crippen LogP) is 3.87. The number of para-hydroxylation sites is 1. The zero-order valence-electron chi connectivity index (χ0n) is 21.8. The van der Waals surface area contributed by atoms with Gasteiger partial charge >= 0.3 is 10.2 Å². The number of rotatable bonds is 7. The van der Waals surface area contributed by atoms with Crippen LogP contribution in [-0.2, 0) is 21.4 Å². The van der Waals surface area contributed by atoms with E-state index >= 15 is 0 Å². The van der Waals surface area contributed by atoms with Crippen LogP contribution in [0.1, 0.15) is 48.2 Å². The number of carbonyl (C=O) groups is 2. The van der Waals surface area contributed by atoms with Crippen LogP contribution in [0.3, 0.4) is 0 Å². The standard InChI is InChI=1S/C26H30N4O6S2/c1-17-20-23(31)30(26(2,3)25(32)28-13-7-8-14-28)38(33,34)29(15-11-18-9-5-6-10-19(18)35-4)24(20)37-21(17)22-27-12-16-36-22/h5-6,9-10,12,16H,7-8,11,13-15H2,1-4H3. The fraction of sp³-hybridized carbons (Fsp3) is 0.423. The van der Waals surface area contributed by atoms with Gasteiger partial charge in [0.25, 0.3) is 5.91 Å². The molecule has 10 nitrogen and oxygen atoms in total. The number of fused-ring (bicyclic) bond motifs is 1. The fourth-order valence-corrected chi connectivity index (χ4v) is 8.50. The number of hydrogen-bond donors (Lipinski definition) is 0. The molecule has 202 valence electrons. The fourth-order valence-electron chi connectivity index (χ4n) is 5.16. The molecule has 2 aliphatic rings. The molecule has 5 rings (SSSR count). The first-order valence-electron chi connectivity index (χ1n) is 12.4. The molecule has 3 aromatic rings. The molecule has 1 aromatic carbocycles. The number of likely N-dealkylation sites (tertiary alicyclic amines) is 1. The third-order valence-electron chi connectivity index (χ3n) is 7.09. The maximum absolute atomic E-state index is 14.2. The van der Waals surface area contributed by atoms with Crippen LogP contribution in [0, 0.1) is 6.92 Å². The zero-order chi connectivity index (χ0) is 27.2. The Morgan fingerprint density at radius 3 is 2.58 bits per heavy atom. The molecule has 2 aromatic heterocycles. The zero-order valence-corrected chi connectivity index (χ0v) is 23.4. The molecule has 0 spiro atoms. The number of oxazole rings is 1. The SMILES string of the molecule is COc1ccccc1CCN1c2sc(-c3ncco3)c(C)c2C(=O)N(C(C)(C)C(=O)N2CCCC2)S1(=O)=O. The van der Waals surface area contributed by atoms with Gasteiger partial charge in [0, 0.05) is 19.6 Å². The molecule has 0 radical (unpaired) electrons. The van der Waals surface area contributed by atoms with Gasteiger partial charge in [-0.15, -0.1) is 11.3 Å². The number of aromatic nitrogens is 1. The minimum absolute atomic E-state index is 0.0401. The normalized spacial score (nSPS) is 17.2. The number of methoxy groups -OCH3 is 1. The molecule has 0 atom stereocenters. The monoisotopic (exact) mass is 558 g/mol. The van der Waals surface area contributed by atoms with Crippen molar-refractivity contribution in [2.24, 2.45) is 0 Å². The van der Waals surface area contributed by atoms with Gasteiger partial charge in [-0.25, -0.2) is 13.6 Å². The second kappa shape index (κ2) is 9.73. The van der Waals surface area contributed by atoms with E-state index in [-0.39, 0.29) is 23.0 Å². The molecule has 4 heterocycles. The van der Waals surface area contributed by atoms with E-state index in [2.05, 4.69) is 4.98 Å². The number of amides is 2. The Balaban J connectivity index is 1.63. The Kier molecular flexibility index (Phi) is 6.72. The van der Waals surface area contributed by atoms with Crippen molar-refractivity contribution in [2.75, 3.05) is 31.0 Å². The Labute approximate surface area is 226 Å². The van der Waals surface area contributed by atoms with Gasteiger partial charge in [0.15, 0.2) is 0 Å². The van der Waals surface area contributed by atoms with Gasteiger partial charge in [-0.3, -0.25) is 9.59 Å². The van der Waals surface area contributed by atoms with Crippen LogP contribution in [0.25, 0.3) is 10.8 Å². The van der Waals surface area contributed by atoms with E-state index in [9.17, 15) is 18.0 Å². The molecule has 0 unspecified atom stereocenters. The average molecular weight is 559 g/mol. The Morgan fingerprint density at radius 1 is 1.21 bits per heavy atom. The van der Waals surface area contributed by atoms with E-state index in [1.807, 2.05) is 24.3 Å². The number of ether oxygens (including phenoxy) is 1. The smallest absolute Gasteiger partial charge is 0.330 e. The van der Waals surface area contributed by atoms with Gasteiger partial charge in [0.1, 0.15) is 22.6 Å². The Bertz CT molecular complexity index is 1470. The summed E-state index contributed by atoms with van der Waals surface area (Å²) >= 11 is 1.14. The number of carbonyl (C=O) groups excluding carboxylic acids is 2. The summed E-state index contributed by atoms with van der Waals surface area (Å²) in [5, 5.41) is 0.288. The minimum Gasteiger partial charge on any atom is -0.496 e. The molecule has 1 fully saturated rings. The third-order valence-corrected chi connectivity index (χ3v) is 10.5. The first-order valence-corrected chi connectivity index (χ1v) is 14.6. The molecule has 12 heteroatoms. The van der Waals surface area contributed by atoms with E-state index in [1.165, 1.54) is 30.6 Å². The minimum atomic E-state index is -4.43. The van der Waals surface area contributed by atoms with Gasteiger partial charge in [0.05, 0.1) is 23.7 Å². The number of anilines is 1. The second-order valence-electron chi connectivity index (χ2n) is 9.84. The molecule has 0 saturated carbocycles. The van der Waals surface area contributed by atoms with E-state index < -0.39 is 21.7 Å². The number of thiophene rings is 1. The van der Waals surface area contributed by atoms with Crippen LogP contribution in [0.2, 0.25) is 0 Å². The van der Waals surface area contributed by atoms with Crippen molar-refractivity contribution >= 4 is 38.4 Å². The molecular weight excluding hydrogens is 528 g/mol. The average Bonchev–Trinajstić information content (AvgIpc) is 3.65. The summed E-state index contributed by atoms with van der Waals surface area (Å²) in [6.07, 6.45) is 4.95. The molecule has 0 aliphatic carbocycles. The van der Waals surface area contributed by atoms with Crippen LogP contribution in [0.5, 0.6) is 5.75 Å². The summed E-state index contributed by atoms with van der Waals surface area (Å²) in [5.74, 6) is -0.170. The van der Waals surface area contributed by atoms with Gasteiger partial charge in [-0.1, -0.05) is 18.2 Å². The van der Waals surface area contributed by atoms with E-state index in [0.29, 0.717) is 41.6 Å². The molecule has 2 amide bonds. The summed E-state index contributed by atoms with van der Waals surface area (Å²) in [4.78, 5) is 34.0. The summed E-state index contributed by atoms with van der Waals surface area (Å²) in [6, 6.07) is 7.39. The summed E-state index contributed by atoms with van der Waals surface area (Å²) < 4.78 is 41.4. The highest BCUT2D eigenvalue weighted by atomic mass is 32.2. The van der Waals surface area contributed by atoms with Gasteiger partial charge in [-0.05, 0) is 57.2 Å². The van der Waals surface area contributed by atoms with Crippen molar-refractivity contribution in [1.29, 1.82) is 0 Å². The first kappa shape index (κ1) is 26.2. The van der Waals surface area contributed by atoms with Crippen LogP contribution >= 0.6 is 11.3 Å². The third kappa shape index (κ3) is 4.15. The quantitative estimate of drug-likeness (QED) is 0.433. The highest BCUT2D eigenvalue weighted by Gasteiger charge is 2.54. The van der Waals surface area contributed by atoms with Crippen LogP contribution in [0.4, 0.5) is 5.00 Å². The summed E-state index contributed by atoms with van der Waals surface area (Å²) in [7, 11) is -2.87. The van der Waals surface area contributed by atoms with Crippen LogP contribution in [0.15, 0.2) is 41.1 Å². The summed E-state index contributed by atoms with van der Waals surface area (Å²) in [6.45, 7) is 5.87. The lowest BCUT2D eigenvalue weighted by Gasteiger charge is -2.43. The number of nitrogens with zero attached hydrogens (tertiary/aromatic N) is 4. The van der Waals surface area contributed by atoms with Crippen molar-refractivity contribution in [3.05, 3.63) is 53.4 Å². The van der Waals surface area contributed by atoms with Crippen molar-refractivity contribution in [1.82, 2.24) is 14.2 Å². The van der Waals surface area contributed by atoms with Gasteiger partial charge in [0.2, 0.25) is 11.8 Å². The molecular formula is C26H30N4O6S2. The number of benzene rings is 1. The van der Waals surface area contributed by atoms with Gasteiger partial charge < -0.3 is 14.1 Å². The lowest BCUT2D eigenvalue weighted by molar-refractivity contribution is -0.138. The highest BCUT2D eigenvalue weighted by Crippen LogP contribution is 2.47. The van der Waals surface area contributed by atoms with E-state index in [4.69, 9.17) is 9.15 Å². The molecule has 38 heavy (non-hydrogen) atoms. The van der Waals surface area contributed by atoms with Crippen LogP contribution < -0.4 is 9.04 Å². The molecule has 2 aliphatic heterocycles. The molecule has 0 bridgehead atoms. The van der Waals surface area contributed by atoms with Crippen LogP contribution in [-0.4, -0.2) is 66.7 Å². The summed E-state index contributed by atoms with van der Waals surface area (Å²) in [5.41, 5.74) is -0.00816. The van der Waals surface area contributed by atoms with Crippen molar-refractivity contribution in [3.8, 4) is 16.5 Å². The van der Waals surface area contributed by atoms with E-state index in [0.717, 1.165) is 34.0 Å². The van der Waals surface area contributed by atoms with Crippen molar-refractivity contribution < 1.29 is 27.2 Å². The largest absolute Gasteiger partial charge is 0.496 e. The predicted molar refractivity (Wildman–Crippen MR) is 144 cm³/mol. The van der Waals surface area contributed by atoms with Crippen molar-refractivity contribution in [2.45, 2.75) is 45.6 Å². The second-order valence-corrected chi connectivity index (χ2v) is 12.5. The number of hydrogen-bond acceptors (Lipinski definition) is 8. The van der Waals surface area contributed by atoms with Crippen molar-refractivity contribution in [3.63, 3.8) is 0 Å². The topological polar surface area (TPSA) is 113 Å². The Hall–Kier alpha value is -3.38.